The summed E-state index contributed by atoms with van der Waals surface area (Å²) in [5.41, 5.74) is 2.51. The van der Waals surface area contributed by atoms with Crippen molar-refractivity contribution in [3.8, 4) is 0 Å². The van der Waals surface area contributed by atoms with Crippen molar-refractivity contribution in [3.05, 3.63) is 36.4 Å². The van der Waals surface area contributed by atoms with Crippen LogP contribution in [-0.4, -0.2) is 38.3 Å². The molecule has 1 aromatic heterocycles. The molecule has 0 saturated carbocycles. The van der Waals surface area contributed by atoms with Crippen molar-refractivity contribution >= 4 is 42.9 Å². The molecule has 2 aliphatic rings. The molecule has 2 saturated heterocycles. The Hall–Kier alpha value is -1.82. The number of anilines is 2. The van der Waals surface area contributed by atoms with Gasteiger partial charge in [0.15, 0.2) is 0 Å². The molecule has 2 aliphatic heterocycles. The van der Waals surface area contributed by atoms with Gasteiger partial charge in [-0.1, -0.05) is 0 Å². The molecule has 142 valence electrons. The van der Waals surface area contributed by atoms with E-state index in [0.29, 0.717) is 12.1 Å². The number of hydrogen-bond donors (Lipinski definition) is 4. The lowest BCUT2D eigenvalue weighted by atomic mass is 10.0. The Morgan fingerprint density at radius 3 is 1.56 bits per heavy atom. The number of nitrogens with one attached hydrogen (secondary N) is 4. The molecular formula is C22H28N4S. The SMILES string of the molecule is c1cc2sc3ccc(NC4CCNCC4)cc3c2cc1NC1CCNCC1. The molecule has 0 aliphatic carbocycles. The van der Waals surface area contributed by atoms with Gasteiger partial charge in [0.05, 0.1) is 0 Å². The van der Waals surface area contributed by atoms with Crippen LogP contribution in [0.2, 0.25) is 0 Å². The van der Waals surface area contributed by atoms with E-state index >= 15 is 0 Å². The van der Waals surface area contributed by atoms with Gasteiger partial charge in [0, 0.05) is 43.6 Å². The Morgan fingerprint density at radius 1 is 0.667 bits per heavy atom. The van der Waals surface area contributed by atoms with Gasteiger partial charge in [-0.2, -0.15) is 0 Å². The summed E-state index contributed by atoms with van der Waals surface area (Å²) in [6.07, 6.45) is 4.80. The summed E-state index contributed by atoms with van der Waals surface area (Å²) in [7, 11) is 0. The topological polar surface area (TPSA) is 48.1 Å². The Labute approximate surface area is 164 Å². The highest BCUT2D eigenvalue weighted by Crippen LogP contribution is 2.37. The molecule has 0 unspecified atom stereocenters. The monoisotopic (exact) mass is 380 g/mol. The van der Waals surface area contributed by atoms with Crippen LogP contribution in [0.5, 0.6) is 0 Å². The summed E-state index contributed by atoms with van der Waals surface area (Å²) in [5, 5.41) is 17.1. The average Bonchev–Trinajstić information content (AvgIpc) is 3.07. The van der Waals surface area contributed by atoms with Gasteiger partial charge in [0.25, 0.3) is 0 Å². The van der Waals surface area contributed by atoms with Crippen LogP contribution in [0.15, 0.2) is 36.4 Å². The number of benzene rings is 2. The van der Waals surface area contributed by atoms with Crippen LogP contribution in [0.25, 0.3) is 20.2 Å². The van der Waals surface area contributed by atoms with E-state index in [0.717, 1.165) is 26.2 Å². The Bertz CT molecular complexity index is 848. The van der Waals surface area contributed by atoms with Crippen LogP contribution in [0.1, 0.15) is 25.7 Å². The van der Waals surface area contributed by atoms with Crippen LogP contribution in [0.4, 0.5) is 11.4 Å². The second kappa shape index (κ2) is 7.66. The van der Waals surface area contributed by atoms with E-state index in [1.807, 2.05) is 11.3 Å². The molecule has 0 radical (unpaired) electrons. The van der Waals surface area contributed by atoms with Crippen molar-refractivity contribution in [2.45, 2.75) is 37.8 Å². The first-order valence-electron chi connectivity index (χ1n) is 10.3. The summed E-state index contributed by atoms with van der Waals surface area (Å²) in [5.74, 6) is 0. The van der Waals surface area contributed by atoms with E-state index < -0.39 is 0 Å². The molecule has 3 aromatic rings. The predicted octanol–water partition coefficient (Wildman–Crippen LogP) is 4.38. The molecule has 0 amide bonds. The zero-order valence-corrected chi connectivity index (χ0v) is 16.5. The molecule has 0 atom stereocenters. The van der Waals surface area contributed by atoms with Crippen molar-refractivity contribution in [1.29, 1.82) is 0 Å². The molecule has 2 aromatic carbocycles. The van der Waals surface area contributed by atoms with Gasteiger partial charge in [-0.05, 0) is 88.3 Å². The third kappa shape index (κ3) is 3.77. The van der Waals surface area contributed by atoms with E-state index in [2.05, 4.69) is 57.7 Å². The van der Waals surface area contributed by atoms with Gasteiger partial charge in [-0.15, -0.1) is 11.3 Å². The minimum Gasteiger partial charge on any atom is -0.382 e. The predicted molar refractivity (Wildman–Crippen MR) is 118 cm³/mol. The third-order valence-corrected chi connectivity index (χ3v) is 7.04. The van der Waals surface area contributed by atoms with Gasteiger partial charge >= 0.3 is 0 Å². The number of thiophene rings is 1. The maximum Gasteiger partial charge on any atom is 0.0356 e. The van der Waals surface area contributed by atoms with Gasteiger partial charge in [0.1, 0.15) is 0 Å². The molecule has 3 heterocycles. The zero-order chi connectivity index (χ0) is 18.1. The molecule has 2 fully saturated rings. The fraction of sp³-hybridized carbons (Fsp3) is 0.455. The standard InChI is InChI=1S/C22H28N4S/c1-3-21-19(13-17(1)25-15-5-9-23-10-6-15)20-14-18(2-4-22(20)27-21)26-16-7-11-24-12-8-16/h1-4,13-16,23-26H,5-12H2. The normalized spacial score (nSPS) is 19.6. The van der Waals surface area contributed by atoms with E-state index in [4.69, 9.17) is 0 Å². The smallest absolute Gasteiger partial charge is 0.0356 e. The lowest BCUT2D eigenvalue weighted by molar-refractivity contribution is 0.479. The van der Waals surface area contributed by atoms with Crippen LogP contribution >= 0.6 is 11.3 Å². The van der Waals surface area contributed by atoms with Gasteiger partial charge < -0.3 is 21.3 Å². The first-order valence-corrected chi connectivity index (χ1v) is 11.1. The van der Waals surface area contributed by atoms with Crippen LogP contribution in [0, 0.1) is 0 Å². The van der Waals surface area contributed by atoms with Crippen molar-refractivity contribution in [1.82, 2.24) is 10.6 Å². The highest BCUT2D eigenvalue weighted by Gasteiger charge is 2.15. The Kier molecular flexibility index (Phi) is 4.91. The highest BCUT2D eigenvalue weighted by molar-refractivity contribution is 7.25. The van der Waals surface area contributed by atoms with Crippen molar-refractivity contribution in [3.63, 3.8) is 0 Å². The second-order valence-corrected chi connectivity index (χ2v) is 8.94. The van der Waals surface area contributed by atoms with Crippen LogP contribution in [-0.2, 0) is 0 Å². The Balaban J connectivity index is 1.43. The summed E-state index contributed by atoms with van der Waals surface area (Å²) in [6, 6.07) is 14.9. The van der Waals surface area contributed by atoms with Gasteiger partial charge in [0.2, 0.25) is 0 Å². The number of rotatable bonds is 4. The van der Waals surface area contributed by atoms with E-state index in [1.165, 1.54) is 57.2 Å². The van der Waals surface area contributed by atoms with Crippen LogP contribution in [0.3, 0.4) is 0 Å². The largest absolute Gasteiger partial charge is 0.382 e. The maximum atomic E-state index is 3.75. The number of piperidine rings is 2. The van der Waals surface area contributed by atoms with Gasteiger partial charge in [-0.25, -0.2) is 0 Å². The average molecular weight is 381 g/mol. The van der Waals surface area contributed by atoms with Crippen molar-refractivity contribution < 1.29 is 0 Å². The number of hydrogen-bond acceptors (Lipinski definition) is 5. The molecule has 27 heavy (non-hydrogen) atoms. The molecule has 0 bridgehead atoms. The molecule has 4 N–H and O–H groups in total. The highest BCUT2D eigenvalue weighted by atomic mass is 32.1. The van der Waals surface area contributed by atoms with Crippen LogP contribution < -0.4 is 21.3 Å². The summed E-state index contributed by atoms with van der Waals surface area (Å²) in [4.78, 5) is 0. The van der Waals surface area contributed by atoms with E-state index in [1.54, 1.807) is 0 Å². The first kappa shape index (κ1) is 17.3. The molecule has 5 heteroatoms. The van der Waals surface area contributed by atoms with Crippen molar-refractivity contribution in [2.75, 3.05) is 36.8 Å². The Morgan fingerprint density at radius 2 is 1.11 bits per heavy atom. The fourth-order valence-electron chi connectivity index (χ4n) is 4.36. The second-order valence-electron chi connectivity index (χ2n) is 7.86. The molecule has 0 spiro atoms. The molecule has 4 nitrogen and oxygen atoms in total. The van der Waals surface area contributed by atoms with E-state index in [-0.39, 0.29) is 0 Å². The summed E-state index contributed by atoms with van der Waals surface area (Å²) in [6.45, 7) is 4.47. The summed E-state index contributed by atoms with van der Waals surface area (Å²) >= 11 is 1.90. The summed E-state index contributed by atoms with van der Waals surface area (Å²) < 4.78 is 2.75. The zero-order valence-electron chi connectivity index (χ0n) is 15.7. The molecule has 5 rings (SSSR count). The first-order chi connectivity index (χ1) is 13.3. The number of fused-ring (bicyclic) bond motifs is 3. The lowest BCUT2D eigenvalue weighted by Gasteiger charge is -2.25. The van der Waals surface area contributed by atoms with E-state index in [9.17, 15) is 0 Å². The minimum absolute atomic E-state index is 0.589. The maximum absolute atomic E-state index is 3.75. The van der Waals surface area contributed by atoms with Gasteiger partial charge in [-0.3, -0.25) is 0 Å². The quantitative estimate of drug-likeness (QED) is 0.542. The lowest BCUT2D eigenvalue weighted by Crippen LogP contribution is -2.35. The fourth-order valence-corrected chi connectivity index (χ4v) is 5.43. The van der Waals surface area contributed by atoms with Crippen molar-refractivity contribution in [2.24, 2.45) is 0 Å². The minimum atomic E-state index is 0.589. The molecular weight excluding hydrogens is 352 g/mol. The third-order valence-electron chi connectivity index (χ3n) is 5.89.